The number of urea groups is 1. The van der Waals surface area contributed by atoms with Crippen LogP contribution < -0.4 is 10.6 Å². The van der Waals surface area contributed by atoms with Crippen LogP contribution in [-0.2, 0) is 16.6 Å². The van der Waals surface area contributed by atoms with E-state index in [0.29, 0.717) is 31.8 Å². The number of allylic oxidation sites excluding steroid dienone is 3. The van der Waals surface area contributed by atoms with Gasteiger partial charge in [-0.05, 0) is 37.7 Å². The summed E-state index contributed by atoms with van der Waals surface area (Å²) in [4.78, 5) is 31.1. The molecule has 166 valence electrons. The number of rotatable bonds is 2. The molecule has 3 aliphatic heterocycles. The fourth-order valence-corrected chi connectivity index (χ4v) is 4.53. The Morgan fingerprint density at radius 1 is 1.29 bits per heavy atom. The minimum absolute atomic E-state index is 0.0148. The molecule has 2 saturated heterocycles. The average molecular weight is 427 g/mol. The fourth-order valence-electron chi connectivity index (χ4n) is 4.53. The van der Waals surface area contributed by atoms with Crippen LogP contribution in [0.25, 0.3) is 5.57 Å². The number of amides is 3. The number of methoxy groups -OCH3 is 1. The summed E-state index contributed by atoms with van der Waals surface area (Å²) in [6.45, 7) is 5.93. The number of aliphatic imine (C=N–C) groups is 1. The van der Waals surface area contributed by atoms with Crippen LogP contribution in [-0.4, -0.2) is 59.2 Å². The van der Waals surface area contributed by atoms with Gasteiger partial charge in [-0.15, -0.1) is 0 Å². The Bertz CT molecular complexity index is 995. The number of ether oxygens (including phenoxy) is 1. The Morgan fingerprint density at radius 3 is 2.61 bits per heavy atom. The van der Waals surface area contributed by atoms with Crippen molar-refractivity contribution in [2.24, 2.45) is 17.5 Å². The molecule has 1 aromatic rings. The SMILES string of the molecule is CO/C(C)=C1\CC(NC(=O)N2CCC3(CC2)CNC(=O)C3)=N\C1=C(\C)c1cnn(C)c1. The van der Waals surface area contributed by atoms with Crippen molar-refractivity contribution in [3.8, 4) is 0 Å². The number of hydrogen-bond donors (Lipinski definition) is 2. The van der Waals surface area contributed by atoms with E-state index in [4.69, 9.17) is 9.73 Å². The third kappa shape index (κ3) is 4.22. The van der Waals surface area contributed by atoms with Crippen molar-refractivity contribution in [1.82, 2.24) is 25.3 Å². The van der Waals surface area contributed by atoms with Crippen molar-refractivity contribution in [1.29, 1.82) is 0 Å². The first-order chi connectivity index (χ1) is 14.8. The summed E-state index contributed by atoms with van der Waals surface area (Å²) in [5.41, 5.74) is 3.77. The van der Waals surface area contributed by atoms with E-state index in [9.17, 15) is 9.59 Å². The number of hydrogen-bond acceptors (Lipinski definition) is 5. The molecule has 9 heteroatoms. The van der Waals surface area contributed by atoms with Gasteiger partial charge in [-0.25, -0.2) is 9.79 Å². The molecule has 0 bridgehead atoms. The van der Waals surface area contributed by atoms with Crippen LogP contribution in [0.5, 0.6) is 0 Å². The molecular formula is C22H30N6O3. The summed E-state index contributed by atoms with van der Waals surface area (Å²) < 4.78 is 7.24. The van der Waals surface area contributed by atoms with Crippen LogP contribution in [0.2, 0.25) is 0 Å². The van der Waals surface area contributed by atoms with E-state index in [-0.39, 0.29) is 17.4 Å². The van der Waals surface area contributed by atoms with Crippen LogP contribution in [0.4, 0.5) is 4.79 Å². The lowest BCUT2D eigenvalue weighted by Gasteiger charge is -2.38. The molecule has 31 heavy (non-hydrogen) atoms. The van der Waals surface area contributed by atoms with E-state index in [1.807, 2.05) is 32.0 Å². The molecule has 4 heterocycles. The fraction of sp³-hybridized carbons (Fsp3) is 0.545. The van der Waals surface area contributed by atoms with Crippen molar-refractivity contribution < 1.29 is 14.3 Å². The molecule has 2 N–H and O–H groups in total. The van der Waals surface area contributed by atoms with Crippen LogP contribution in [0.3, 0.4) is 0 Å². The van der Waals surface area contributed by atoms with Gasteiger partial charge in [0.15, 0.2) is 0 Å². The molecule has 4 rings (SSSR count). The van der Waals surface area contributed by atoms with Gasteiger partial charge in [-0.2, -0.15) is 5.10 Å². The molecule has 2 fully saturated rings. The van der Waals surface area contributed by atoms with Gasteiger partial charge < -0.3 is 15.0 Å². The molecule has 1 aromatic heterocycles. The van der Waals surface area contributed by atoms with E-state index < -0.39 is 0 Å². The van der Waals surface area contributed by atoms with E-state index >= 15 is 0 Å². The van der Waals surface area contributed by atoms with Gasteiger partial charge in [0, 0.05) is 56.9 Å². The van der Waals surface area contributed by atoms with Crippen molar-refractivity contribution >= 4 is 23.3 Å². The Hall–Kier alpha value is -3.10. The van der Waals surface area contributed by atoms with Gasteiger partial charge in [0.25, 0.3) is 0 Å². The number of nitrogens with zero attached hydrogens (tertiary/aromatic N) is 4. The third-order valence-electron chi connectivity index (χ3n) is 6.66. The van der Waals surface area contributed by atoms with Crippen LogP contribution in [0.1, 0.15) is 45.1 Å². The summed E-state index contributed by atoms with van der Waals surface area (Å²) in [6, 6.07) is -0.138. The predicted octanol–water partition coefficient (Wildman–Crippen LogP) is 2.19. The third-order valence-corrected chi connectivity index (χ3v) is 6.66. The number of carbonyl (C=O) groups excluding carboxylic acids is 2. The van der Waals surface area contributed by atoms with Gasteiger partial charge in [-0.3, -0.25) is 14.8 Å². The number of nitrogens with one attached hydrogen (secondary N) is 2. The normalized spacial score (nSPS) is 23.5. The van der Waals surface area contributed by atoms with Crippen molar-refractivity contribution in [3.05, 3.63) is 35.0 Å². The number of aromatic nitrogens is 2. The topological polar surface area (TPSA) is 101 Å². The minimum Gasteiger partial charge on any atom is -0.501 e. The summed E-state index contributed by atoms with van der Waals surface area (Å²) in [5.74, 6) is 1.52. The standard InChI is InChI=1S/C22H30N6O3/c1-14(16-11-24-27(3)12-16)20-17(15(2)31-4)9-18(25-20)26-21(30)28-7-5-22(6-8-28)10-19(29)23-13-22/h11-12H,5-10,13H2,1-4H3,(H,23,29)(H,25,26,30)/b17-15+,20-14-. The lowest BCUT2D eigenvalue weighted by atomic mass is 9.78. The summed E-state index contributed by atoms with van der Waals surface area (Å²) in [5, 5.41) is 10.2. The molecule has 9 nitrogen and oxygen atoms in total. The highest BCUT2D eigenvalue weighted by Crippen LogP contribution is 2.37. The Kier molecular flexibility index (Phi) is 5.60. The number of amidine groups is 1. The average Bonchev–Trinajstić information content (AvgIpc) is 3.46. The highest BCUT2D eigenvalue weighted by molar-refractivity contribution is 6.02. The molecule has 0 aliphatic carbocycles. The monoisotopic (exact) mass is 426 g/mol. The summed E-state index contributed by atoms with van der Waals surface area (Å²) >= 11 is 0. The first kappa shape index (κ1) is 21.1. The highest BCUT2D eigenvalue weighted by Gasteiger charge is 2.41. The zero-order chi connectivity index (χ0) is 22.2. The molecule has 3 aliphatic rings. The molecule has 3 amide bonds. The number of piperidine rings is 1. The Morgan fingerprint density at radius 2 is 2.03 bits per heavy atom. The minimum atomic E-state index is -0.138. The number of likely N-dealkylation sites (tertiary alicyclic amines) is 1. The lowest BCUT2D eigenvalue weighted by molar-refractivity contribution is -0.119. The van der Waals surface area contributed by atoms with Gasteiger partial charge in [-0.1, -0.05) is 0 Å². The number of carbonyl (C=O) groups is 2. The first-order valence-electron chi connectivity index (χ1n) is 10.6. The second-order valence-corrected chi connectivity index (χ2v) is 8.72. The Labute approximate surface area is 182 Å². The smallest absolute Gasteiger partial charge is 0.322 e. The molecule has 0 unspecified atom stereocenters. The van der Waals surface area contributed by atoms with Crippen molar-refractivity contribution in [2.75, 3.05) is 26.7 Å². The second kappa shape index (κ2) is 8.20. The van der Waals surface area contributed by atoms with Gasteiger partial charge in [0.1, 0.15) is 5.84 Å². The van der Waals surface area contributed by atoms with Gasteiger partial charge in [0.2, 0.25) is 5.91 Å². The zero-order valence-corrected chi connectivity index (χ0v) is 18.6. The quantitative estimate of drug-likeness (QED) is 0.708. The largest absolute Gasteiger partial charge is 0.501 e. The predicted molar refractivity (Wildman–Crippen MR) is 117 cm³/mol. The zero-order valence-electron chi connectivity index (χ0n) is 18.6. The molecule has 0 aromatic carbocycles. The maximum absolute atomic E-state index is 12.9. The molecule has 0 radical (unpaired) electrons. The molecule has 0 saturated carbocycles. The van der Waals surface area contributed by atoms with E-state index in [0.717, 1.165) is 47.6 Å². The Balaban J connectivity index is 1.48. The van der Waals surface area contributed by atoms with Crippen LogP contribution in [0.15, 0.2) is 34.4 Å². The van der Waals surface area contributed by atoms with E-state index in [1.165, 1.54) is 0 Å². The number of aryl methyl sites for hydroxylation is 1. The maximum Gasteiger partial charge on any atom is 0.322 e. The van der Waals surface area contributed by atoms with E-state index in [1.54, 1.807) is 18.0 Å². The summed E-state index contributed by atoms with van der Waals surface area (Å²) in [6.07, 6.45) is 6.51. The summed E-state index contributed by atoms with van der Waals surface area (Å²) in [7, 11) is 3.52. The highest BCUT2D eigenvalue weighted by atomic mass is 16.5. The molecule has 0 atom stereocenters. The van der Waals surface area contributed by atoms with Crippen molar-refractivity contribution in [2.45, 2.75) is 39.5 Å². The van der Waals surface area contributed by atoms with E-state index in [2.05, 4.69) is 15.7 Å². The van der Waals surface area contributed by atoms with Crippen LogP contribution in [0, 0.1) is 5.41 Å². The first-order valence-corrected chi connectivity index (χ1v) is 10.6. The lowest BCUT2D eigenvalue weighted by Crippen LogP contribution is -2.49. The molecule has 1 spiro atoms. The molecular weight excluding hydrogens is 396 g/mol. The van der Waals surface area contributed by atoms with Crippen LogP contribution >= 0.6 is 0 Å². The maximum atomic E-state index is 12.9. The van der Waals surface area contributed by atoms with Gasteiger partial charge >= 0.3 is 6.03 Å². The van der Waals surface area contributed by atoms with Gasteiger partial charge in [0.05, 0.1) is 24.8 Å². The van der Waals surface area contributed by atoms with Crippen molar-refractivity contribution in [3.63, 3.8) is 0 Å². The second-order valence-electron chi connectivity index (χ2n) is 8.72.